The molecule has 0 atom stereocenters. The summed E-state index contributed by atoms with van der Waals surface area (Å²) in [4.78, 5) is 12.2. The van der Waals surface area contributed by atoms with Crippen LogP contribution in [-0.2, 0) is 13.0 Å². The lowest BCUT2D eigenvalue weighted by Crippen LogP contribution is -2.07. The van der Waals surface area contributed by atoms with Gasteiger partial charge in [-0.1, -0.05) is 37.3 Å². The van der Waals surface area contributed by atoms with Crippen molar-refractivity contribution < 1.29 is 9.90 Å². The van der Waals surface area contributed by atoms with E-state index in [0.717, 1.165) is 16.9 Å². The Morgan fingerprint density at radius 1 is 1.14 bits per heavy atom. The van der Waals surface area contributed by atoms with Crippen LogP contribution >= 0.6 is 11.8 Å². The maximum atomic E-state index is 11.4. The maximum Gasteiger partial charge on any atom is 0.338 e. The molecule has 0 heterocycles. The first-order valence-electron chi connectivity index (χ1n) is 6.87. The van der Waals surface area contributed by atoms with Crippen LogP contribution in [0.15, 0.2) is 47.4 Å². The third-order valence-corrected chi connectivity index (χ3v) is 4.15. The normalized spacial score (nSPS) is 10.4. The van der Waals surface area contributed by atoms with E-state index in [1.807, 2.05) is 24.5 Å². The van der Waals surface area contributed by atoms with Crippen molar-refractivity contribution in [3.8, 4) is 0 Å². The Morgan fingerprint density at radius 3 is 2.38 bits per heavy atom. The molecule has 110 valence electrons. The summed E-state index contributed by atoms with van der Waals surface area (Å²) in [6.07, 6.45) is 2.90. The molecule has 0 aliphatic heterocycles. The SMILES string of the molecule is CCc1ccc(CNc2cccc(SC)c2C(=O)O)cc1. The van der Waals surface area contributed by atoms with Crippen LogP contribution < -0.4 is 5.32 Å². The first-order chi connectivity index (χ1) is 10.2. The summed E-state index contributed by atoms with van der Waals surface area (Å²) >= 11 is 1.44. The van der Waals surface area contributed by atoms with Crippen LogP contribution in [0.3, 0.4) is 0 Å². The van der Waals surface area contributed by atoms with Gasteiger partial charge in [-0.2, -0.15) is 0 Å². The minimum absolute atomic E-state index is 0.343. The maximum absolute atomic E-state index is 11.4. The Labute approximate surface area is 129 Å². The van der Waals surface area contributed by atoms with Crippen molar-refractivity contribution in [1.82, 2.24) is 0 Å². The molecule has 2 N–H and O–H groups in total. The highest BCUT2D eigenvalue weighted by Crippen LogP contribution is 2.27. The molecular weight excluding hydrogens is 282 g/mol. The van der Waals surface area contributed by atoms with E-state index in [0.29, 0.717) is 17.8 Å². The average Bonchev–Trinajstić information content (AvgIpc) is 2.52. The predicted molar refractivity (Wildman–Crippen MR) is 88.3 cm³/mol. The molecule has 4 heteroatoms. The zero-order valence-corrected chi connectivity index (χ0v) is 13.0. The quantitative estimate of drug-likeness (QED) is 0.782. The first-order valence-corrected chi connectivity index (χ1v) is 8.10. The number of carboxylic acids is 1. The number of aryl methyl sites for hydroxylation is 1. The molecule has 0 saturated carbocycles. The van der Waals surface area contributed by atoms with Crippen LogP contribution in [0.5, 0.6) is 0 Å². The molecule has 0 spiro atoms. The van der Waals surface area contributed by atoms with Gasteiger partial charge in [0, 0.05) is 11.4 Å². The molecule has 2 aromatic carbocycles. The molecule has 2 rings (SSSR count). The Balaban J connectivity index is 2.17. The number of rotatable bonds is 6. The van der Waals surface area contributed by atoms with E-state index in [-0.39, 0.29) is 0 Å². The van der Waals surface area contributed by atoms with Crippen LogP contribution in [0.1, 0.15) is 28.4 Å². The second-order valence-corrected chi connectivity index (χ2v) is 5.56. The highest BCUT2D eigenvalue weighted by atomic mass is 32.2. The average molecular weight is 301 g/mol. The molecule has 21 heavy (non-hydrogen) atoms. The molecule has 0 saturated heterocycles. The second-order valence-electron chi connectivity index (χ2n) is 4.71. The predicted octanol–water partition coefficient (Wildman–Crippen LogP) is 4.28. The van der Waals surface area contributed by atoms with Crippen molar-refractivity contribution >= 4 is 23.4 Å². The molecule has 2 aromatic rings. The van der Waals surface area contributed by atoms with Crippen molar-refractivity contribution in [1.29, 1.82) is 0 Å². The van der Waals surface area contributed by atoms with Gasteiger partial charge in [0.25, 0.3) is 0 Å². The van der Waals surface area contributed by atoms with E-state index >= 15 is 0 Å². The smallest absolute Gasteiger partial charge is 0.338 e. The van der Waals surface area contributed by atoms with Crippen LogP contribution in [0.2, 0.25) is 0 Å². The van der Waals surface area contributed by atoms with Gasteiger partial charge >= 0.3 is 5.97 Å². The van der Waals surface area contributed by atoms with Crippen molar-refractivity contribution in [3.05, 3.63) is 59.2 Å². The number of anilines is 1. The lowest BCUT2D eigenvalue weighted by molar-refractivity contribution is 0.0694. The van der Waals surface area contributed by atoms with Gasteiger partial charge in [-0.25, -0.2) is 4.79 Å². The van der Waals surface area contributed by atoms with Crippen LogP contribution in [0.4, 0.5) is 5.69 Å². The fourth-order valence-electron chi connectivity index (χ4n) is 2.16. The number of carboxylic acid groups (broad SMARTS) is 1. The second kappa shape index (κ2) is 7.18. The van der Waals surface area contributed by atoms with Crippen LogP contribution in [0, 0.1) is 0 Å². The minimum atomic E-state index is -0.899. The van der Waals surface area contributed by atoms with E-state index in [4.69, 9.17) is 0 Å². The van der Waals surface area contributed by atoms with Crippen LogP contribution in [0.25, 0.3) is 0 Å². The number of benzene rings is 2. The number of aromatic carboxylic acids is 1. The molecule has 0 amide bonds. The summed E-state index contributed by atoms with van der Waals surface area (Å²) < 4.78 is 0. The Hall–Kier alpha value is -1.94. The fourth-order valence-corrected chi connectivity index (χ4v) is 2.78. The van der Waals surface area contributed by atoms with Crippen molar-refractivity contribution in [3.63, 3.8) is 0 Å². The molecular formula is C17H19NO2S. The van der Waals surface area contributed by atoms with Gasteiger partial charge in [0.1, 0.15) is 0 Å². The molecule has 0 aliphatic rings. The Bertz CT molecular complexity index is 623. The summed E-state index contributed by atoms with van der Waals surface area (Å²) in [5, 5.41) is 12.6. The third kappa shape index (κ3) is 3.79. The summed E-state index contributed by atoms with van der Waals surface area (Å²) in [6, 6.07) is 13.9. The van der Waals surface area contributed by atoms with E-state index in [1.165, 1.54) is 17.3 Å². The monoisotopic (exact) mass is 301 g/mol. The Morgan fingerprint density at radius 2 is 1.81 bits per heavy atom. The number of hydrogen-bond acceptors (Lipinski definition) is 3. The zero-order chi connectivity index (χ0) is 15.2. The molecule has 0 bridgehead atoms. The highest BCUT2D eigenvalue weighted by Gasteiger charge is 2.14. The number of nitrogens with one attached hydrogen (secondary N) is 1. The minimum Gasteiger partial charge on any atom is -0.478 e. The number of hydrogen-bond donors (Lipinski definition) is 2. The third-order valence-electron chi connectivity index (χ3n) is 3.37. The van der Waals surface area contributed by atoms with Gasteiger partial charge in [-0.3, -0.25) is 0 Å². The largest absolute Gasteiger partial charge is 0.478 e. The lowest BCUT2D eigenvalue weighted by Gasteiger charge is -2.12. The topological polar surface area (TPSA) is 49.3 Å². The number of thioether (sulfide) groups is 1. The number of carbonyl (C=O) groups is 1. The van der Waals surface area contributed by atoms with Gasteiger partial charge in [0.2, 0.25) is 0 Å². The van der Waals surface area contributed by atoms with Gasteiger partial charge in [0.15, 0.2) is 0 Å². The van der Waals surface area contributed by atoms with E-state index in [2.05, 4.69) is 36.5 Å². The first kappa shape index (κ1) is 15.4. The zero-order valence-electron chi connectivity index (χ0n) is 12.2. The molecule has 0 radical (unpaired) electrons. The molecule has 3 nitrogen and oxygen atoms in total. The van der Waals surface area contributed by atoms with Gasteiger partial charge < -0.3 is 10.4 Å². The van der Waals surface area contributed by atoms with Crippen molar-refractivity contribution in [2.24, 2.45) is 0 Å². The molecule has 0 unspecified atom stereocenters. The summed E-state index contributed by atoms with van der Waals surface area (Å²) in [5.74, 6) is -0.899. The Kier molecular flexibility index (Phi) is 5.28. The summed E-state index contributed by atoms with van der Waals surface area (Å²) in [5.41, 5.74) is 3.44. The standard InChI is InChI=1S/C17H19NO2S/c1-3-12-7-9-13(10-8-12)11-18-14-5-4-6-15(21-2)16(14)17(19)20/h4-10,18H,3,11H2,1-2H3,(H,19,20). The van der Waals surface area contributed by atoms with Crippen molar-refractivity contribution in [2.75, 3.05) is 11.6 Å². The van der Waals surface area contributed by atoms with E-state index < -0.39 is 5.97 Å². The van der Waals surface area contributed by atoms with Gasteiger partial charge in [0.05, 0.1) is 11.3 Å². The van der Waals surface area contributed by atoms with E-state index in [1.54, 1.807) is 0 Å². The molecule has 0 aromatic heterocycles. The summed E-state index contributed by atoms with van der Waals surface area (Å²) in [7, 11) is 0. The highest BCUT2D eigenvalue weighted by molar-refractivity contribution is 7.98. The fraction of sp³-hybridized carbons (Fsp3) is 0.235. The molecule has 0 fully saturated rings. The van der Waals surface area contributed by atoms with Gasteiger partial charge in [-0.05, 0) is 35.9 Å². The lowest BCUT2D eigenvalue weighted by atomic mass is 10.1. The summed E-state index contributed by atoms with van der Waals surface area (Å²) in [6.45, 7) is 2.74. The van der Waals surface area contributed by atoms with E-state index in [9.17, 15) is 9.90 Å². The van der Waals surface area contributed by atoms with Crippen LogP contribution in [-0.4, -0.2) is 17.3 Å². The van der Waals surface area contributed by atoms with Crippen molar-refractivity contribution in [2.45, 2.75) is 24.8 Å². The van der Waals surface area contributed by atoms with Gasteiger partial charge in [-0.15, -0.1) is 11.8 Å². The molecule has 0 aliphatic carbocycles.